The first kappa shape index (κ1) is 15.8. The molecular weight excluding hydrogens is 270 g/mol. The second-order valence-corrected chi connectivity index (χ2v) is 6.61. The SMILES string of the molecule is Cc1cc(CN[C@H]2CCC[C@H]2NC(=O)OC(C)(C)C)on1. The maximum atomic E-state index is 11.8. The highest BCUT2D eigenvalue weighted by molar-refractivity contribution is 5.68. The molecule has 0 bridgehead atoms. The van der Waals surface area contributed by atoms with Crippen molar-refractivity contribution in [3.05, 3.63) is 17.5 Å². The summed E-state index contributed by atoms with van der Waals surface area (Å²) < 4.78 is 10.5. The van der Waals surface area contributed by atoms with Gasteiger partial charge in [0.15, 0.2) is 5.76 Å². The molecule has 1 aromatic rings. The Morgan fingerprint density at radius 2 is 2.14 bits per heavy atom. The minimum Gasteiger partial charge on any atom is -0.444 e. The van der Waals surface area contributed by atoms with E-state index in [-0.39, 0.29) is 18.2 Å². The molecule has 1 aliphatic rings. The Hall–Kier alpha value is -1.56. The van der Waals surface area contributed by atoms with Crippen LogP contribution in [0, 0.1) is 6.92 Å². The van der Waals surface area contributed by atoms with E-state index in [1.807, 2.05) is 33.8 Å². The number of carbonyl (C=O) groups is 1. The fourth-order valence-electron chi connectivity index (χ4n) is 2.57. The van der Waals surface area contributed by atoms with Crippen LogP contribution >= 0.6 is 0 Å². The van der Waals surface area contributed by atoms with Gasteiger partial charge in [0.2, 0.25) is 0 Å². The zero-order valence-electron chi connectivity index (χ0n) is 13.2. The summed E-state index contributed by atoms with van der Waals surface area (Å²) in [4.78, 5) is 11.8. The molecule has 2 N–H and O–H groups in total. The lowest BCUT2D eigenvalue weighted by molar-refractivity contribution is 0.0498. The molecule has 1 heterocycles. The molecule has 2 atom stereocenters. The average molecular weight is 295 g/mol. The summed E-state index contributed by atoms with van der Waals surface area (Å²) in [6.07, 6.45) is 2.74. The van der Waals surface area contributed by atoms with Gasteiger partial charge in [-0.1, -0.05) is 5.16 Å². The van der Waals surface area contributed by atoms with E-state index >= 15 is 0 Å². The van der Waals surface area contributed by atoms with Gasteiger partial charge in [-0.25, -0.2) is 4.79 Å². The highest BCUT2D eigenvalue weighted by Crippen LogP contribution is 2.20. The Morgan fingerprint density at radius 3 is 2.76 bits per heavy atom. The van der Waals surface area contributed by atoms with Gasteiger partial charge in [0.05, 0.1) is 12.2 Å². The van der Waals surface area contributed by atoms with Crippen molar-refractivity contribution in [2.24, 2.45) is 0 Å². The van der Waals surface area contributed by atoms with E-state index < -0.39 is 5.60 Å². The van der Waals surface area contributed by atoms with Crippen LogP contribution in [-0.4, -0.2) is 28.9 Å². The third-order valence-corrected chi connectivity index (χ3v) is 3.43. The van der Waals surface area contributed by atoms with E-state index in [4.69, 9.17) is 9.26 Å². The molecule has 1 saturated carbocycles. The molecular formula is C15H25N3O3. The minimum absolute atomic E-state index is 0.101. The molecule has 6 nitrogen and oxygen atoms in total. The summed E-state index contributed by atoms with van der Waals surface area (Å²) in [6, 6.07) is 2.25. The molecule has 0 unspecified atom stereocenters. The van der Waals surface area contributed by atoms with E-state index in [1.165, 1.54) is 0 Å². The summed E-state index contributed by atoms with van der Waals surface area (Å²) in [7, 11) is 0. The van der Waals surface area contributed by atoms with Gasteiger partial charge >= 0.3 is 6.09 Å². The molecule has 6 heteroatoms. The first-order valence-electron chi connectivity index (χ1n) is 7.48. The van der Waals surface area contributed by atoms with Crippen LogP contribution in [0.1, 0.15) is 51.5 Å². The standard InChI is InChI=1S/C15H25N3O3/c1-10-8-11(21-18-10)9-16-12-6-5-7-13(12)17-14(19)20-15(2,3)4/h8,12-13,16H,5-7,9H2,1-4H3,(H,17,19)/t12-,13+/m0/s1. The molecule has 1 amide bonds. The van der Waals surface area contributed by atoms with Crippen LogP contribution in [0.3, 0.4) is 0 Å². The number of ether oxygens (including phenoxy) is 1. The van der Waals surface area contributed by atoms with E-state index in [0.717, 1.165) is 30.7 Å². The number of amides is 1. The monoisotopic (exact) mass is 295 g/mol. The number of aryl methyl sites for hydroxylation is 1. The highest BCUT2D eigenvalue weighted by Gasteiger charge is 2.30. The van der Waals surface area contributed by atoms with E-state index in [0.29, 0.717) is 6.54 Å². The summed E-state index contributed by atoms with van der Waals surface area (Å²) in [5.41, 5.74) is 0.407. The zero-order chi connectivity index (χ0) is 15.5. The highest BCUT2D eigenvalue weighted by atomic mass is 16.6. The Bertz CT molecular complexity index is 479. The maximum Gasteiger partial charge on any atom is 0.407 e. The number of carbonyl (C=O) groups excluding carboxylic acids is 1. The van der Waals surface area contributed by atoms with Gasteiger partial charge in [-0.05, 0) is 47.0 Å². The molecule has 2 rings (SSSR count). The lowest BCUT2D eigenvalue weighted by Crippen LogP contribution is -2.47. The molecule has 21 heavy (non-hydrogen) atoms. The van der Waals surface area contributed by atoms with Crippen LogP contribution in [0.15, 0.2) is 10.6 Å². The Labute approximate surface area is 125 Å². The summed E-state index contributed by atoms with van der Waals surface area (Å²) >= 11 is 0. The largest absolute Gasteiger partial charge is 0.444 e. The van der Waals surface area contributed by atoms with Crippen molar-refractivity contribution < 1.29 is 14.1 Å². The third kappa shape index (κ3) is 5.04. The van der Waals surface area contributed by atoms with Crippen LogP contribution in [0.5, 0.6) is 0 Å². The molecule has 118 valence electrons. The summed E-state index contributed by atoms with van der Waals surface area (Å²) in [5, 5.41) is 10.2. The van der Waals surface area contributed by atoms with Crippen LogP contribution in [0.4, 0.5) is 4.79 Å². The van der Waals surface area contributed by atoms with Gasteiger partial charge in [0.1, 0.15) is 5.60 Å². The Morgan fingerprint density at radius 1 is 1.43 bits per heavy atom. The molecule has 1 aromatic heterocycles. The minimum atomic E-state index is -0.469. The summed E-state index contributed by atoms with van der Waals surface area (Å²) in [6.45, 7) is 8.11. The average Bonchev–Trinajstić information content (AvgIpc) is 2.93. The van der Waals surface area contributed by atoms with Crippen molar-refractivity contribution in [2.45, 2.75) is 71.2 Å². The van der Waals surface area contributed by atoms with E-state index in [1.54, 1.807) is 0 Å². The van der Waals surface area contributed by atoms with Crippen molar-refractivity contribution in [3.8, 4) is 0 Å². The predicted molar refractivity (Wildman–Crippen MR) is 78.9 cm³/mol. The molecule has 0 radical (unpaired) electrons. The van der Waals surface area contributed by atoms with Crippen LogP contribution in [-0.2, 0) is 11.3 Å². The number of aromatic nitrogens is 1. The molecule has 0 aliphatic heterocycles. The van der Waals surface area contributed by atoms with Gasteiger partial charge in [-0.15, -0.1) is 0 Å². The lowest BCUT2D eigenvalue weighted by atomic mass is 10.1. The Balaban J connectivity index is 1.81. The van der Waals surface area contributed by atoms with Crippen LogP contribution in [0.2, 0.25) is 0 Å². The van der Waals surface area contributed by atoms with Crippen LogP contribution in [0.25, 0.3) is 0 Å². The van der Waals surface area contributed by atoms with Gasteiger partial charge in [-0.3, -0.25) is 0 Å². The fourth-order valence-corrected chi connectivity index (χ4v) is 2.57. The van der Waals surface area contributed by atoms with Gasteiger partial charge in [0.25, 0.3) is 0 Å². The van der Waals surface area contributed by atoms with Crippen molar-refractivity contribution in [3.63, 3.8) is 0 Å². The molecule has 1 fully saturated rings. The molecule has 0 aromatic carbocycles. The van der Waals surface area contributed by atoms with Crippen LogP contribution < -0.4 is 10.6 Å². The van der Waals surface area contributed by atoms with Gasteiger partial charge < -0.3 is 19.9 Å². The normalized spacial score (nSPS) is 22.3. The lowest BCUT2D eigenvalue weighted by Gasteiger charge is -2.25. The van der Waals surface area contributed by atoms with E-state index in [2.05, 4.69) is 15.8 Å². The topological polar surface area (TPSA) is 76.4 Å². The van der Waals surface area contributed by atoms with Gasteiger partial charge in [-0.2, -0.15) is 0 Å². The van der Waals surface area contributed by atoms with Crippen molar-refractivity contribution in [2.75, 3.05) is 0 Å². The number of alkyl carbamates (subject to hydrolysis) is 1. The summed E-state index contributed by atoms with van der Waals surface area (Å²) in [5.74, 6) is 0.815. The number of nitrogens with one attached hydrogen (secondary N) is 2. The van der Waals surface area contributed by atoms with Crippen molar-refractivity contribution >= 4 is 6.09 Å². The number of nitrogens with zero attached hydrogens (tertiary/aromatic N) is 1. The molecule has 0 saturated heterocycles. The van der Waals surface area contributed by atoms with Crippen molar-refractivity contribution in [1.82, 2.24) is 15.8 Å². The number of hydrogen-bond acceptors (Lipinski definition) is 5. The van der Waals surface area contributed by atoms with Gasteiger partial charge in [0, 0.05) is 18.2 Å². The first-order chi connectivity index (χ1) is 9.83. The molecule has 1 aliphatic carbocycles. The van der Waals surface area contributed by atoms with E-state index in [9.17, 15) is 4.79 Å². The first-order valence-corrected chi connectivity index (χ1v) is 7.48. The quantitative estimate of drug-likeness (QED) is 0.892. The maximum absolute atomic E-state index is 11.8. The second-order valence-electron chi connectivity index (χ2n) is 6.61. The zero-order valence-corrected chi connectivity index (χ0v) is 13.2. The smallest absolute Gasteiger partial charge is 0.407 e. The van der Waals surface area contributed by atoms with Crippen molar-refractivity contribution in [1.29, 1.82) is 0 Å². The third-order valence-electron chi connectivity index (χ3n) is 3.43. The second kappa shape index (κ2) is 6.47. The predicted octanol–water partition coefficient (Wildman–Crippen LogP) is 2.52. The number of rotatable bonds is 4. The fraction of sp³-hybridized carbons (Fsp3) is 0.733. The molecule has 0 spiro atoms. The number of hydrogen-bond donors (Lipinski definition) is 2. The Kier molecular flexibility index (Phi) is 4.88.